The summed E-state index contributed by atoms with van der Waals surface area (Å²) < 4.78 is 13.6. The highest BCUT2D eigenvalue weighted by molar-refractivity contribution is 6.31. The third-order valence-corrected chi connectivity index (χ3v) is 3.92. The van der Waals surface area contributed by atoms with Crippen molar-refractivity contribution in [3.8, 4) is 0 Å². The zero-order chi connectivity index (χ0) is 16.1. The van der Waals surface area contributed by atoms with Crippen molar-refractivity contribution in [1.82, 2.24) is 4.90 Å². The van der Waals surface area contributed by atoms with E-state index in [4.69, 9.17) is 11.6 Å². The van der Waals surface area contributed by atoms with Gasteiger partial charge in [0.25, 0.3) is 0 Å². The number of nitrogens with one attached hydrogen (secondary N) is 1. The van der Waals surface area contributed by atoms with Gasteiger partial charge in [-0.15, -0.1) is 0 Å². The van der Waals surface area contributed by atoms with Crippen LogP contribution in [-0.2, 0) is 11.3 Å². The fourth-order valence-electron chi connectivity index (χ4n) is 2.03. The van der Waals surface area contributed by atoms with Gasteiger partial charge in [-0.25, -0.2) is 4.39 Å². The number of nitrogens with zero attached hydrogens (tertiary/aromatic N) is 1. The molecule has 22 heavy (non-hydrogen) atoms. The van der Waals surface area contributed by atoms with E-state index in [1.807, 2.05) is 36.2 Å². The van der Waals surface area contributed by atoms with Crippen LogP contribution < -0.4 is 5.32 Å². The Kier molecular flexibility index (Phi) is 5.52. The molecule has 0 heterocycles. The summed E-state index contributed by atoms with van der Waals surface area (Å²) in [6.45, 7) is 2.30. The van der Waals surface area contributed by atoms with E-state index in [1.165, 1.54) is 12.1 Å². The van der Waals surface area contributed by atoms with Crippen molar-refractivity contribution < 1.29 is 9.18 Å². The Morgan fingerprint density at radius 1 is 1.23 bits per heavy atom. The van der Waals surface area contributed by atoms with Gasteiger partial charge in [0.05, 0.1) is 11.7 Å². The lowest BCUT2D eigenvalue weighted by atomic mass is 10.2. The monoisotopic (exact) mass is 320 g/mol. The minimum atomic E-state index is -0.447. The summed E-state index contributed by atoms with van der Waals surface area (Å²) in [7, 11) is 1.83. The van der Waals surface area contributed by atoms with Crippen LogP contribution in [0, 0.1) is 5.82 Å². The van der Waals surface area contributed by atoms with Gasteiger partial charge in [-0.2, -0.15) is 0 Å². The SMILES string of the molecule is CC(C(=O)Nc1ccccc1F)N(C)Cc1ccccc1Cl. The predicted octanol–water partition coefficient (Wildman–Crippen LogP) is 3.94. The molecule has 1 N–H and O–H groups in total. The molecule has 5 heteroatoms. The molecule has 0 aliphatic rings. The third kappa shape index (κ3) is 4.06. The molecule has 2 aromatic rings. The number of hydrogen-bond donors (Lipinski definition) is 1. The van der Waals surface area contributed by atoms with E-state index in [2.05, 4.69) is 5.32 Å². The first kappa shape index (κ1) is 16.5. The zero-order valence-electron chi connectivity index (χ0n) is 12.5. The van der Waals surface area contributed by atoms with E-state index < -0.39 is 11.9 Å². The number of benzene rings is 2. The van der Waals surface area contributed by atoms with Gasteiger partial charge < -0.3 is 5.32 Å². The predicted molar refractivity (Wildman–Crippen MR) is 87.4 cm³/mol. The summed E-state index contributed by atoms with van der Waals surface area (Å²) >= 11 is 6.13. The number of para-hydroxylation sites is 1. The Morgan fingerprint density at radius 2 is 1.86 bits per heavy atom. The van der Waals surface area contributed by atoms with Crippen molar-refractivity contribution in [1.29, 1.82) is 0 Å². The molecule has 0 radical (unpaired) electrons. The van der Waals surface area contributed by atoms with Crippen molar-refractivity contribution in [3.05, 3.63) is 64.9 Å². The number of amides is 1. The minimum absolute atomic E-state index is 0.186. The van der Waals surface area contributed by atoms with E-state index in [0.29, 0.717) is 11.6 Å². The van der Waals surface area contributed by atoms with Crippen LogP contribution in [-0.4, -0.2) is 23.9 Å². The number of carbonyl (C=O) groups excluding carboxylic acids is 1. The molecule has 0 bridgehead atoms. The molecule has 0 aliphatic carbocycles. The molecule has 2 rings (SSSR count). The fraction of sp³-hybridized carbons (Fsp3) is 0.235. The molecule has 0 saturated carbocycles. The summed E-state index contributed by atoms with van der Waals surface area (Å²) in [6, 6.07) is 13.2. The summed E-state index contributed by atoms with van der Waals surface area (Å²) in [4.78, 5) is 14.1. The van der Waals surface area contributed by atoms with Crippen LogP contribution in [0.25, 0.3) is 0 Å². The standard InChI is InChI=1S/C17H18ClFN2O/c1-12(17(22)20-16-10-6-5-9-15(16)19)21(2)11-13-7-3-4-8-14(13)18/h3-10,12H,11H2,1-2H3,(H,20,22). The Balaban J connectivity index is 2.01. The van der Waals surface area contributed by atoms with Gasteiger partial charge in [-0.3, -0.25) is 9.69 Å². The largest absolute Gasteiger partial charge is 0.322 e. The lowest BCUT2D eigenvalue weighted by Crippen LogP contribution is -2.39. The van der Waals surface area contributed by atoms with E-state index in [0.717, 1.165) is 5.56 Å². The van der Waals surface area contributed by atoms with Gasteiger partial charge in [0.1, 0.15) is 5.82 Å². The molecule has 116 valence electrons. The Labute approximate surface area is 134 Å². The molecular formula is C17H18ClFN2O. The minimum Gasteiger partial charge on any atom is -0.322 e. The molecule has 1 amide bonds. The second-order valence-corrected chi connectivity index (χ2v) is 5.56. The molecule has 0 aliphatic heterocycles. The van der Waals surface area contributed by atoms with Gasteiger partial charge in [-0.05, 0) is 37.7 Å². The summed E-state index contributed by atoms with van der Waals surface area (Å²) in [6.07, 6.45) is 0. The molecule has 1 atom stereocenters. The van der Waals surface area contributed by atoms with Crippen LogP contribution in [0.1, 0.15) is 12.5 Å². The lowest BCUT2D eigenvalue weighted by Gasteiger charge is -2.24. The molecule has 0 fully saturated rings. The maximum absolute atomic E-state index is 13.6. The average molecular weight is 321 g/mol. The van der Waals surface area contributed by atoms with Gasteiger partial charge in [0.15, 0.2) is 0 Å². The lowest BCUT2D eigenvalue weighted by molar-refractivity contribution is -0.120. The first-order valence-electron chi connectivity index (χ1n) is 6.98. The number of halogens is 2. The van der Waals surface area contributed by atoms with Crippen LogP contribution in [0.5, 0.6) is 0 Å². The van der Waals surface area contributed by atoms with E-state index in [1.54, 1.807) is 19.1 Å². The highest BCUT2D eigenvalue weighted by Gasteiger charge is 2.19. The van der Waals surface area contributed by atoms with Gasteiger partial charge in [-0.1, -0.05) is 41.9 Å². The third-order valence-electron chi connectivity index (χ3n) is 3.55. The molecule has 0 spiro atoms. The van der Waals surface area contributed by atoms with Crippen LogP contribution >= 0.6 is 11.6 Å². The summed E-state index contributed by atoms with van der Waals surface area (Å²) in [5.41, 5.74) is 1.13. The fourth-order valence-corrected chi connectivity index (χ4v) is 2.23. The smallest absolute Gasteiger partial charge is 0.241 e. The quantitative estimate of drug-likeness (QED) is 0.905. The second-order valence-electron chi connectivity index (χ2n) is 5.15. The number of anilines is 1. The number of carbonyl (C=O) groups is 1. The van der Waals surface area contributed by atoms with Crippen molar-refractivity contribution in [3.63, 3.8) is 0 Å². The van der Waals surface area contributed by atoms with Crippen molar-refractivity contribution >= 4 is 23.2 Å². The van der Waals surface area contributed by atoms with Crippen molar-refractivity contribution in [2.24, 2.45) is 0 Å². The molecule has 1 unspecified atom stereocenters. The van der Waals surface area contributed by atoms with E-state index in [-0.39, 0.29) is 11.6 Å². The van der Waals surface area contributed by atoms with Gasteiger partial charge in [0.2, 0.25) is 5.91 Å². The molecule has 3 nitrogen and oxygen atoms in total. The van der Waals surface area contributed by atoms with Crippen molar-refractivity contribution in [2.45, 2.75) is 19.5 Å². The zero-order valence-corrected chi connectivity index (χ0v) is 13.3. The summed E-state index contributed by atoms with van der Waals surface area (Å²) in [5.74, 6) is -0.712. The van der Waals surface area contributed by atoms with Crippen molar-refractivity contribution in [2.75, 3.05) is 12.4 Å². The second kappa shape index (κ2) is 7.38. The maximum atomic E-state index is 13.6. The topological polar surface area (TPSA) is 32.3 Å². The molecule has 2 aromatic carbocycles. The highest BCUT2D eigenvalue weighted by atomic mass is 35.5. The van der Waals surface area contributed by atoms with Crippen LogP contribution in [0.3, 0.4) is 0 Å². The Bertz CT molecular complexity index is 663. The molecule has 0 aromatic heterocycles. The molecule has 0 saturated heterocycles. The van der Waals surface area contributed by atoms with Crippen LogP contribution in [0.2, 0.25) is 5.02 Å². The highest BCUT2D eigenvalue weighted by Crippen LogP contribution is 2.18. The normalized spacial score (nSPS) is 12.2. The van der Waals surface area contributed by atoms with E-state index in [9.17, 15) is 9.18 Å². The van der Waals surface area contributed by atoms with Crippen LogP contribution in [0.4, 0.5) is 10.1 Å². The Morgan fingerprint density at radius 3 is 2.55 bits per heavy atom. The van der Waals surface area contributed by atoms with Gasteiger partial charge >= 0.3 is 0 Å². The molecular weight excluding hydrogens is 303 g/mol. The summed E-state index contributed by atoms with van der Waals surface area (Å²) in [5, 5.41) is 3.27. The number of rotatable bonds is 5. The van der Waals surface area contributed by atoms with E-state index >= 15 is 0 Å². The van der Waals surface area contributed by atoms with Crippen LogP contribution in [0.15, 0.2) is 48.5 Å². The Hall–Kier alpha value is -1.91. The number of hydrogen-bond acceptors (Lipinski definition) is 2. The van der Waals surface area contributed by atoms with Gasteiger partial charge in [0, 0.05) is 11.6 Å². The first-order chi connectivity index (χ1) is 10.5. The average Bonchev–Trinajstić information content (AvgIpc) is 2.51. The maximum Gasteiger partial charge on any atom is 0.241 e. The first-order valence-corrected chi connectivity index (χ1v) is 7.36. The number of likely N-dealkylation sites (N-methyl/N-ethyl adjacent to an activating group) is 1.